The molecule has 1 aliphatic heterocycles. The lowest BCUT2D eigenvalue weighted by atomic mass is 9.98. The first-order valence-corrected chi connectivity index (χ1v) is 7.72. The van der Waals surface area contributed by atoms with Crippen LogP contribution < -0.4 is 0 Å². The normalized spacial score (nSPS) is 22.5. The summed E-state index contributed by atoms with van der Waals surface area (Å²) < 4.78 is 0. The van der Waals surface area contributed by atoms with Gasteiger partial charge in [0.15, 0.2) is 0 Å². The van der Waals surface area contributed by atoms with Crippen LogP contribution in [0.25, 0.3) is 10.9 Å². The molecule has 19 heavy (non-hydrogen) atoms. The van der Waals surface area contributed by atoms with Crippen LogP contribution in [0.2, 0.25) is 0 Å². The molecule has 1 fully saturated rings. The van der Waals surface area contributed by atoms with Crippen LogP contribution in [-0.4, -0.2) is 46.1 Å². The van der Waals surface area contributed by atoms with Crippen LogP contribution >= 0.6 is 11.8 Å². The molecule has 4 heteroatoms. The van der Waals surface area contributed by atoms with Crippen molar-refractivity contribution in [1.29, 1.82) is 0 Å². The summed E-state index contributed by atoms with van der Waals surface area (Å²) in [7, 11) is 2.09. The van der Waals surface area contributed by atoms with Crippen LogP contribution in [0.1, 0.15) is 11.7 Å². The molecule has 3 rings (SSSR count). The van der Waals surface area contributed by atoms with E-state index in [0.717, 1.165) is 34.5 Å². The van der Waals surface area contributed by atoms with Gasteiger partial charge in [0.25, 0.3) is 0 Å². The van der Waals surface area contributed by atoms with E-state index in [0.29, 0.717) is 0 Å². The molecule has 0 saturated carbocycles. The number of pyridine rings is 1. The lowest BCUT2D eigenvalue weighted by molar-refractivity contribution is 0.0769. The van der Waals surface area contributed by atoms with Crippen molar-refractivity contribution in [2.24, 2.45) is 0 Å². The number of aliphatic hydroxyl groups excluding tert-OH is 1. The minimum absolute atomic E-state index is 0.185. The Morgan fingerprint density at radius 2 is 2.26 bits per heavy atom. The predicted molar refractivity (Wildman–Crippen MR) is 80.4 cm³/mol. The molecular formula is C15H18N2OS. The zero-order valence-corrected chi connectivity index (χ0v) is 11.8. The highest BCUT2D eigenvalue weighted by Crippen LogP contribution is 2.30. The SMILES string of the molecule is CN1CCSCC1C(O)c1cccc2ncccc12. The van der Waals surface area contributed by atoms with Crippen LogP contribution in [0.5, 0.6) is 0 Å². The van der Waals surface area contributed by atoms with Crippen LogP contribution in [0.15, 0.2) is 36.5 Å². The summed E-state index contributed by atoms with van der Waals surface area (Å²) in [6.07, 6.45) is 1.34. The first kappa shape index (κ1) is 12.9. The van der Waals surface area contributed by atoms with E-state index < -0.39 is 6.10 Å². The first-order chi connectivity index (χ1) is 9.27. The van der Waals surface area contributed by atoms with E-state index in [1.807, 2.05) is 42.1 Å². The molecule has 0 aliphatic carbocycles. The van der Waals surface area contributed by atoms with Crippen molar-refractivity contribution in [3.05, 3.63) is 42.1 Å². The van der Waals surface area contributed by atoms with Crippen LogP contribution in [0, 0.1) is 0 Å². The summed E-state index contributed by atoms with van der Waals surface area (Å²) >= 11 is 1.92. The lowest BCUT2D eigenvalue weighted by Gasteiger charge is -2.35. The van der Waals surface area contributed by atoms with Gasteiger partial charge >= 0.3 is 0 Å². The zero-order valence-electron chi connectivity index (χ0n) is 11.0. The maximum atomic E-state index is 10.7. The molecule has 2 heterocycles. The van der Waals surface area contributed by atoms with E-state index in [4.69, 9.17) is 0 Å². The number of thioether (sulfide) groups is 1. The smallest absolute Gasteiger partial charge is 0.0959 e. The molecule has 2 atom stereocenters. The van der Waals surface area contributed by atoms with E-state index >= 15 is 0 Å². The molecule has 1 aromatic carbocycles. The number of benzene rings is 1. The summed E-state index contributed by atoms with van der Waals surface area (Å²) in [5.41, 5.74) is 1.94. The second-order valence-corrected chi connectivity index (χ2v) is 6.13. The van der Waals surface area contributed by atoms with Crippen LogP contribution in [0.3, 0.4) is 0 Å². The fourth-order valence-corrected chi connectivity index (χ4v) is 3.89. The molecule has 1 N–H and O–H groups in total. The predicted octanol–water partition coefficient (Wildman–Crippen LogP) is 2.32. The van der Waals surface area contributed by atoms with E-state index in [1.54, 1.807) is 6.20 Å². The molecule has 1 aromatic heterocycles. The van der Waals surface area contributed by atoms with E-state index in [1.165, 1.54) is 0 Å². The van der Waals surface area contributed by atoms with Gasteiger partial charge in [0.05, 0.1) is 11.6 Å². The summed E-state index contributed by atoms with van der Waals surface area (Å²) in [6, 6.07) is 10.1. The molecule has 0 bridgehead atoms. The summed E-state index contributed by atoms with van der Waals surface area (Å²) in [4.78, 5) is 6.62. The molecule has 1 aliphatic rings. The first-order valence-electron chi connectivity index (χ1n) is 6.57. The van der Waals surface area contributed by atoms with Gasteiger partial charge in [-0.3, -0.25) is 9.88 Å². The van der Waals surface area contributed by atoms with Crippen LogP contribution in [0.4, 0.5) is 0 Å². The van der Waals surface area contributed by atoms with Crippen LogP contribution in [-0.2, 0) is 0 Å². The maximum absolute atomic E-state index is 10.7. The minimum Gasteiger partial charge on any atom is -0.387 e. The molecule has 2 aromatic rings. The quantitative estimate of drug-likeness (QED) is 0.912. The monoisotopic (exact) mass is 274 g/mol. The Labute approximate surface area is 117 Å². The Kier molecular flexibility index (Phi) is 3.73. The van der Waals surface area contributed by atoms with Gasteiger partial charge in [-0.05, 0) is 24.7 Å². The molecule has 2 unspecified atom stereocenters. The average molecular weight is 274 g/mol. The Morgan fingerprint density at radius 1 is 1.37 bits per heavy atom. The van der Waals surface area contributed by atoms with Gasteiger partial charge in [0.2, 0.25) is 0 Å². The highest BCUT2D eigenvalue weighted by atomic mass is 32.2. The Balaban J connectivity index is 1.99. The third-order valence-corrected chi connectivity index (χ3v) is 4.85. The molecule has 0 spiro atoms. The lowest BCUT2D eigenvalue weighted by Crippen LogP contribution is -2.43. The van der Waals surface area contributed by atoms with Crippen molar-refractivity contribution in [2.75, 3.05) is 25.1 Å². The standard InChI is InChI=1S/C15H18N2OS/c1-17-8-9-19-10-14(17)15(18)12-4-2-6-13-11(12)5-3-7-16-13/h2-7,14-15,18H,8-10H2,1H3. The van der Waals surface area contributed by atoms with Gasteiger partial charge in [0, 0.05) is 35.7 Å². The van der Waals surface area contributed by atoms with Crippen molar-refractivity contribution in [2.45, 2.75) is 12.1 Å². The minimum atomic E-state index is -0.453. The van der Waals surface area contributed by atoms with Crippen molar-refractivity contribution in [3.63, 3.8) is 0 Å². The number of aliphatic hydroxyl groups is 1. The van der Waals surface area contributed by atoms with Crippen molar-refractivity contribution in [1.82, 2.24) is 9.88 Å². The Morgan fingerprint density at radius 3 is 3.11 bits per heavy atom. The molecule has 0 amide bonds. The van der Waals surface area contributed by atoms with Gasteiger partial charge in [-0.15, -0.1) is 0 Å². The largest absolute Gasteiger partial charge is 0.387 e. The second kappa shape index (κ2) is 5.49. The van der Waals surface area contributed by atoms with E-state index in [9.17, 15) is 5.11 Å². The van der Waals surface area contributed by atoms with Gasteiger partial charge in [0.1, 0.15) is 0 Å². The van der Waals surface area contributed by atoms with Gasteiger partial charge in [-0.25, -0.2) is 0 Å². The summed E-state index contributed by atoms with van der Waals surface area (Å²) in [5.74, 6) is 2.13. The summed E-state index contributed by atoms with van der Waals surface area (Å²) in [5, 5.41) is 11.8. The number of nitrogens with zero attached hydrogens (tertiary/aromatic N) is 2. The zero-order chi connectivity index (χ0) is 13.2. The number of fused-ring (bicyclic) bond motifs is 1. The number of aromatic nitrogens is 1. The van der Waals surface area contributed by atoms with Crippen molar-refractivity contribution in [3.8, 4) is 0 Å². The van der Waals surface area contributed by atoms with Gasteiger partial charge < -0.3 is 5.11 Å². The fourth-order valence-electron chi connectivity index (χ4n) is 2.63. The van der Waals surface area contributed by atoms with Gasteiger partial charge in [-0.2, -0.15) is 11.8 Å². The molecule has 3 nitrogen and oxygen atoms in total. The number of hydrogen-bond donors (Lipinski definition) is 1. The molecule has 0 radical (unpaired) electrons. The number of likely N-dealkylation sites (N-methyl/N-ethyl adjacent to an activating group) is 1. The highest BCUT2D eigenvalue weighted by molar-refractivity contribution is 7.99. The highest BCUT2D eigenvalue weighted by Gasteiger charge is 2.28. The Bertz CT molecular complexity index is 570. The summed E-state index contributed by atoms with van der Waals surface area (Å²) in [6.45, 7) is 1.04. The van der Waals surface area contributed by atoms with Gasteiger partial charge in [-0.1, -0.05) is 18.2 Å². The van der Waals surface area contributed by atoms with Crippen molar-refractivity contribution < 1.29 is 5.11 Å². The molecule has 100 valence electrons. The fraction of sp³-hybridized carbons (Fsp3) is 0.400. The number of rotatable bonds is 2. The van der Waals surface area contributed by atoms with Crippen molar-refractivity contribution >= 4 is 22.7 Å². The second-order valence-electron chi connectivity index (χ2n) is 4.99. The van der Waals surface area contributed by atoms with E-state index in [2.05, 4.69) is 16.9 Å². The molecule has 1 saturated heterocycles. The third-order valence-electron chi connectivity index (χ3n) is 3.81. The average Bonchev–Trinajstić information content (AvgIpc) is 2.46. The third kappa shape index (κ3) is 2.48. The topological polar surface area (TPSA) is 36.4 Å². The Hall–Kier alpha value is -1.10. The number of hydrogen-bond acceptors (Lipinski definition) is 4. The van der Waals surface area contributed by atoms with E-state index in [-0.39, 0.29) is 6.04 Å². The molecular weight excluding hydrogens is 256 g/mol. The maximum Gasteiger partial charge on any atom is 0.0959 e.